The number of aromatic hydroxyl groups is 7. The lowest BCUT2D eigenvalue weighted by Crippen LogP contribution is -2.01. The van der Waals surface area contributed by atoms with E-state index in [1.165, 1.54) is 24.3 Å². The SMILES string of the molecule is Cc1cc(C)c(Cc2ccc(O)c(O)c2O)c(O)c1Cc1ccc(O)c(O)c1O. The van der Waals surface area contributed by atoms with E-state index in [1.807, 2.05) is 6.07 Å². The molecule has 0 heterocycles. The van der Waals surface area contributed by atoms with E-state index >= 15 is 0 Å². The van der Waals surface area contributed by atoms with Crippen molar-refractivity contribution in [2.24, 2.45) is 0 Å². The summed E-state index contributed by atoms with van der Waals surface area (Å²) in [5.74, 6) is -3.12. The van der Waals surface area contributed by atoms with Crippen LogP contribution in [0.5, 0.6) is 40.2 Å². The minimum Gasteiger partial charge on any atom is -0.507 e. The Hall–Kier alpha value is -3.74. The van der Waals surface area contributed by atoms with Crippen molar-refractivity contribution in [1.29, 1.82) is 0 Å². The van der Waals surface area contributed by atoms with E-state index < -0.39 is 34.5 Å². The standard InChI is InChI=1S/C22H22O7/c1-10-7-11(2)15(9-13-4-6-17(24)22(29)19(13)26)20(27)14(10)8-12-3-5-16(23)21(28)18(12)25/h3-7,23-29H,8-9H2,1-2H3. The van der Waals surface area contributed by atoms with E-state index in [1.54, 1.807) is 13.8 Å². The number of benzene rings is 3. The molecule has 3 rings (SSSR count). The molecule has 0 bridgehead atoms. The smallest absolute Gasteiger partial charge is 0.200 e. The van der Waals surface area contributed by atoms with Gasteiger partial charge in [0.05, 0.1) is 0 Å². The molecule has 7 N–H and O–H groups in total. The highest BCUT2D eigenvalue weighted by atomic mass is 16.3. The molecule has 7 heteroatoms. The van der Waals surface area contributed by atoms with Gasteiger partial charge in [-0.3, -0.25) is 0 Å². The molecule has 0 aliphatic rings. The fourth-order valence-corrected chi connectivity index (χ4v) is 3.39. The van der Waals surface area contributed by atoms with Crippen LogP contribution in [-0.4, -0.2) is 35.7 Å². The van der Waals surface area contributed by atoms with Gasteiger partial charge in [0.15, 0.2) is 23.0 Å². The lowest BCUT2D eigenvalue weighted by molar-refractivity contribution is 0.365. The molecule has 0 amide bonds. The largest absolute Gasteiger partial charge is 0.507 e. The molecule has 0 saturated heterocycles. The predicted molar refractivity (Wildman–Crippen MR) is 106 cm³/mol. The van der Waals surface area contributed by atoms with Crippen LogP contribution in [0.3, 0.4) is 0 Å². The average Bonchev–Trinajstić information content (AvgIpc) is 2.67. The zero-order chi connectivity index (χ0) is 21.5. The van der Waals surface area contributed by atoms with E-state index in [0.29, 0.717) is 22.3 Å². The van der Waals surface area contributed by atoms with Crippen molar-refractivity contribution in [1.82, 2.24) is 0 Å². The minimum atomic E-state index is -0.628. The maximum atomic E-state index is 10.9. The second-order valence-corrected chi connectivity index (χ2v) is 7.05. The predicted octanol–water partition coefficient (Wildman–Crippen LogP) is 3.42. The highest BCUT2D eigenvalue weighted by Gasteiger charge is 2.20. The van der Waals surface area contributed by atoms with Gasteiger partial charge < -0.3 is 35.7 Å². The van der Waals surface area contributed by atoms with Gasteiger partial charge in [0, 0.05) is 35.1 Å². The van der Waals surface area contributed by atoms with Crippen LogP contribution in [0.2, 0.25) is 0 Å². The van der Waals surface area contributed by atoms with Crippen molar-refractivity contribution in [3.05, 3.63) is 63.7 Å². The zero-order valence-corrected chi connectivity index (χ0v) is 15.9. The minimum absolute atomic E-state index is 0.0403. The fourth-order valence-electron chi connectivity index (χ4n) is 3.39. The van der Waals surface area contributed by atoms with E-state index in [-0.39, 0.29) is 18.6 Å². The summed E-state index contributed by atoms with van der Waals surface area (Å²) in [5.41, 5.74) is 3.17. The Labute approximate surface area is 167 Å². The van der Waals surface area contributed by atoms with Crippen molar-refractivity contribution in [2.75, 3.05) is 0 Å². The number of hydrogen-bond donors (Lipinski definition) is 7. The van der Waals surface area contributed by atoms with Crippen molar-refractivity contribution < 1.29 is 35.7 Å². The topological polar surface area (TPSA) is 142 Å². The molecular weight excluding hydrogens is 376 g/mol. The number of aryl methyl sites for hydroxylation is 2. The zero-order valence-electron chi connectivity index (χ0n) is 15.9. The van der Waals surface area contributed by atoms with Crippen molar-refractivity contribution in [3.63, 3.8) is 0 Å². The van der Waals surface area contributed by atoms with Crippen LogP contribution in [0.25, 0.3) is 0 Å². The summed E-state index contributed by atoms with van der Waals surface area (Å²) in [6, 6.07) is 7.25. The molecule has 0 radical (unpaired) electrons. The van der Waals surface area contributed by atoms with Gasteiger partial charge >= 0.3 is 0 Å². The Bertz CT molecular complexity index is 1020. The molecule has 0 aliphatic heterocycles. The Morgan fingerprint density at radius 3 is 1.28 bits per heavy atom. The molecule has 0 aliphatic carbocycles. The molecule has 0 fully saturated rings. The van der Waals surface area contributed by atoms with Crippen LogP contribution >= 0.6 is 0 Å². The summed E-state index contributed by atoms with van der Waals surface area (Å²) in [6.07, 6.45) is 0.189. The van der Waals surface area contributed by atoms with Crippen LogP contribution in [0.4, 0.5) is 0 Å². The summed E-state index contributed by atoms with van der Waals surface area (Å²) in [7, 11) is 0. The van der Waals surface area contributed by atoms with E-state index in [4.69, 9.17) is 0 Å². The van der Waals surface area contributed by atoms with Gasteiger partial charge in [0.2, 0.25) is 11.5 Å². The van der Waals surface area contributed by atoms with Gasteiger partial charge in [-0.2, -0.15) is 0 Å². The second-order valence-electron chi connectivity index (χ2n) is 7.05. The molecule has 7 nitrogen and oxygen atoms in total. The van der Waals surface area contributed by atoms with Crippen molar-refractivity contribution in [3.8, 4) is 40.2 Å². The Morgan fingerprint density at radius 1 is 0.517 bits per heavy atom. The van der Waals surface area contributed by atoms with Crippen LogP contribution in [0, 0.1) is 13.8 Å². The first-order valence-corrected chi connectivity index (χ1v) is 8.88. The first-order valence-electron chi connectivity index (χ1n) is 8.88. The normalized spacial score (nSPS) is 11.0. The molecule has 3 aromatic rings. The maximum Gasteiger partial charge on any atom is 0.200 e. The summed E-state index contributed by atoms with van der Waals surface area (Å²) < 4.78 is 0. The third-order valence-corrected chi connectivity index (χ3v) is 5.12. The first-order chi connectivity index (χ1) is 13.6. The summed E-state index contributed by atoms with van der Waals surface area (Å²) in [5, 5.41) is 69.6. The number of rotatable bonds is 4. The van der Waals surface area contributed by atoms with Gasteiger partial charge in [-0.05, 0) is 37.1 Å². The maximum absolute atomic E-state index is 10.9. The highest BCUT2D eigenvalue weighted by Crippen LogP contribution is 2.42. The van der Waals surface area contributed by atoms with Crippen LogP contribution in [0.1, 0.15) is 33.4 Å². The summed E-state index contributed by atoms with van der Waals surface area (Å²) >= 11 is 0. The number of phenols is 7. The monoisotopic (exact) mass is 398 g/mol. The third kappa shape index (κ3) is 3.54. The number of phenolic OH excluding ortho intramolecular Hbond substituents is 7. The Balaban J connectivity index is 2.06. The third-order valence-electron chi connectivity index (χ3n) is 5.12. The lowest BCUT2D eigenvalue weighted by atomic mass is 9.90. The molecule has 0 saturated carbocycles. The quantitative estimate of drug-likeness (QED) is 0.334. The van der Waals surface area contributed by atoms with E-state index in [2.05, 4.69) is 0 Å². The van der Waals surface area contributed by atoms with Crippen LogP contribution < -0.4 is 0 Å². The molecule has 29 heavy (non-hydrogen) atoms. The Kier molecular flexibility index (Phi) is 5.07. The van der Waals surface area contributed by atoms with Gasteiger partial charge in [0.25, 0.3) is 0 Å². The van der Waals surface area contributed by atoms with Gasteiger partial charge in [-0.15, -0.1) is 0 Å². The van der Waals surface area contributed by atoms with E-state index in [0.717, 1.165) is 11.1 Å². The second kappa shape index (κ2) is 7.35. The molecule has 0 atom stereocenters. The lowest BCUT2D eigenvalue weighted by Gasteiger charge is -2.17. The first kappa shape index (κ1) is 20.0. The molecule has 3 aromatic carbocycles. The van der Waals surface area contributed by atoms with E-state index in [9.17, 15) is 35.7 Å². The van der Waals surface area contributed by atoms with Crippen LogP contribution in [-0.2, 0) is 12.8 Å². The highest BCUT2D eigenvalue weighted by molar-refractivity contribution is 5.59. The van der Waals surface area contributed by atoms with Gasteiger partial charge in [-0.1, -0.05) is 18.2 Å². The fraction of sp³-hybridized carbons (Fsp3) is 0.182. The molecular formula is C22H22O7. The average molecular weight is 398 g/mol. The Morgan fingerprint density at radius 2 is 0.897 bits per heavy atom. The molecule has 0 unspecified atom stereocenters. The van der Waals surface area contributed by atoms with Gasteiger partial charge in [-0.25, -0.2) is 0 Å². The number of hydrogen-bond acceptors (Lipinski definition) is 7. The molecule has 0 aromatic heterocycles. The molecule has 0 spiro atoms. The van der Waals surface area contributed by atoms with Gasteiger partial charge in [0.1, 0.15) is 5.75 Å². The van der Waals surface area contributed by atoms with Crippen molar-refractivity contribution >= 4 is 0 Å². The van der Waals surface area contributed by atoms with Crippen molar-refractivity contribution in [2.45, 2.75) is 26.7 Å². The summed E-state index contributed by atoms with van der Waals surface area (Å²) in [4.78, 5) is 0. The molecule has 152 valence electrons. The van der Waals surface area contributed by atoms with Crippen LogP contribution in [0.15, 0.2) is 30.3 Å². The summed E-state index contributed by atoms with van der Waals surface area (Å²) in [6.45, 7) is 3.60.